The summed E-state index contributed by atoms with van der Waals surface area (Å²) in [6, 6.07) is 14.5. The maximum absolute atomic E-state index is 13.0. The highest BCUT2D eigenvalue weighted by Crippen LogP contribution is 2.50. The lowest BCUT2D eigenvalue weighted by Crippen LogP contribution is -2.33. The molecule has 0 unspecified atom stereocenters. The molecular weight excluding hydrogens is 400 g/mol. The van der Waals surface area contributed by atoms with Crippen LogP contribution in [0.2, 0.25) is 0 Å². The van der Waals surface area contributed by atoms with E-state index in [2.05, 4.69) is 0 Å². The van der Waals surface area contributed by atoms with Crippen molar-refractivity contribution in [2.24, 2.45) is 11.8 Å². The molecule has 2 aromatic rings. The Bertz CT molecular complexity index is 802. The van der Waals surface area contributed by atoms with Crippen LogP contribution >= 0.6 is 0 Å². The first kappa shape index (κ1) is 22.6. The minimum Gasteiger partial charge on any atom is -0.497 e. The summed E-state index contributed by atoms with van der Waals surface area (Å²) in [5, 5.41) is 0. The van der Waals surface area contributed by atoms with Gasteiger partial charge in [0.1, 0.15) is 23.3 Å². The zero-order valence-corrected chi connectivity index (χ0v) is 18.2. The Balaban J connectivity index is 2.05. The van der Waals surface area contributed by atoms with E-state index in [4.69, 9.17) is 23.7 Å². The number of methoxy groups -OCH3 is 2. The van der Waals surface area contributed by atoms with Crippen LogP contribution in [0.15, 0.2) is 48.5 Å². The fourth-order valence-electron chi connectivity index (χ4n) is 3.88. The van der Waals surface area contributed by atoms with Gasteiger partial charge in [-0.2, -0.15) is 0 Å². The molecule has 1 fully saturated rings. The van der Waals surface area contributed by atoms with Gasteiger partial charge in [-0.15, -0.1) is 0 Å². The number of hydrogen-bond donors (Lipinski definition) is 0. The van der Waals surface area contributed by atoms with Crippen molar-refractivity contribution in [2.45, 2.75) is 26.1 Å². The summed E-state index contributed by atoms with van der Waals surface area (Å²) < 4.78 is 27.5. The molecule has 1 saturated heterocycles. The van der Waals surface area contributed by atoms with Crippen molar-refractivity contribution in [3.05, 3.63) is 59.7 Å². The highest BCUT2D eigenvalue weighted by atomic mass is 16.6. The Morgan fingerprint density at radius 3 is 1.35 bits per heavy atom. The molecule has 0 aliphatic carbocycles. The maximum Gasteiger partial charge on any atom is 0.312 e. The smallest absolute Gasteiger partial charge is 0.312 e. The van der Waals surface area contributed by atoms with Crippen LogP contribution in [0.1, 0.15) is 37.2 Å². The number of rotatable bonds is 8. The summed E-state index contributed by atoms with van der Waals surface area (Å²) in [7, 11) is 3.16. The third-order valence-corrected chi connectivity index (χ3v) is 5.34. The van der Waals surface area contributed by atoms with E-state index in [-0.39, 0.29) is 13.2 Å². The molecule has 166 valence electrons. The fraction of sp³-hybridized carbons (Fsp3) is 0.417. The van der Waals surface area contributed by atoms with Crippen molar-refractivity contribution in [1.29, 1.82) is 0 Å². The van der Waals surface area contributed by atoms with E-state index in [1.165, 1.54) is 0 Å². The van der Waals surface area contributed by atoms with Gasteiger partial charge in [-0.05, 0) is 49.2 Å². The average molecular weight is 428 g/mol. The first-order valence-corrected chi connectivity index (χ1v) is 10.3. The molecule has 0 N–H and O–H groups in total. The van der Waals surface area contributed by atoms with E-state index in [0.717, 1.165) is 11.1 Å². The Morgan fingerprint density at radius 2 is 1.06 bits per heavy atom. The Kier molecular flexibility index (Phi) is 7.52. The van der Waals surface area contributed by atoms with Crippen LogP contribution in [0.4, 0.5) is 0 Å². The van der Waals surface area contributed by atoms with Crippen molar-refractivity contribution in [3.63, 3.8) is 0 Å². The van der Waals surface area contributed by atoms with Gasteiger partial charge in [-0.25, -0.2) is 0 Å². The standard InChI is InChI=1S/C24H28O7/c1-5-29-23(25)19-20(24(26)30-6-2)22(16-9-13-18(28-4)14-10-16)31-21(19)15-7-11-17(27-3)12-8-15/h7-14,19-22H,5-6H2,1-4H3/t19-,20+,21-,22+. The first-order valence-electron chi connectivity index (χ1n) is 10.3. The number of benzene rings is 2. The summed E-state index contributed by atoms with van der Waals surface area (Å²) in [4.78, 5) is 26.0. The molecular formula is C24H28O7. The number of hydrogen-bond acceptors (Lipinski definition) is 7. The minimum atomic E-state index is -0.848. The largest absolute Gasteiger partial charge is 0.497 e. The zero-order chi connectivity index (χ0) is 22.4. The summed E-state index contributed by atoms with van der Waals surface area (Å²) >= 11 is 0. The lowest BCUT2D eigenvalue weighted by atomic mass is 9.82. The zero-order valence-electron chi connectivity index (χ0n) is 18.2. The minimum absolute atomic E-state index is 0.202. The Labute approximate surface area is 182 Å². The van der Waals surface area contributed by atoms with Crippen molar-refractivity contribution in [3.8, 4) is 11.5 Å². The number of esters is 2. The second-order valence-electron chi connectivity index (χ2n) is 7.08. The van der Waals surface area contributed by atoms with Gasteiger partial charge in [0.05, 0.1) is 39.6 Å². The highest BCUT2D eigenvalue weighted by Gasteiger charge is 2.54. The van der Waals surface area contributed by atoms with Gasteiger partial charge >= 0.3 is 11.9 Å². The van der Waals surface area contributed by atoms with Crippen LogP contribution in [0.25, 0.3) is 0 Å². The van der Waals surface area contributed by atoms with Gasteiger partial charge in [0, 0.05) is 0 Å². The molecule has 0 saturated carbocycles. The van der Waals surface area contributed by atoms with Crippen LogP contribution in [0, 0.1) is 11.8 Å². The maximum atomic E-state index is 13.0. The molecule has 7 heteroatoms. The fourth-order valence-corrected chi connectivity index (χ4v) is 3.88. The summed E-state index contributed by atoms with van der Waals surface area (Å²) in [5.41, 5.74) is 1.51. The molecule has 0 spiro atoms. The molecule has 1 aliphatic heterocycles. The average Bonchev–Trinajstić information content (AvgIpc) is 3.20. The van der Waals surface area contributed by atoms with Crippen LogP contribution in [0.5, 0.6) is 11.5 Å². The van der Waals surface area contributed by atoms with Crippen molar-refractivity contribution < 1.29 is 33.3 Å². The highest BCUT2D eigenvalue weighted by molar-refractivity contribution is 5.84. The van der Waals surface area contributed by atoms with E-state index in [1.54, 1.807) is 52.3 Å². The molecule has 3 rings (SSSR count). The predicted molar refractivity (Wildman–Crippen MR) is 113 cm³/mol. The molecule has 7 nitrogen and oxygen atoms in total. The van der Waals surface area contributed by atoms with Gasteiger partial charge in [-0.3, -0.25) is 9.59 Å². The summed E-state index contributed by atoms with van der Waals surface area (Å²) in [5.74, 6) is -1.31. The van der Waals surface area contributed by atoms with E-state index < -0.39 is 36.0 Å². The summed E-state index contributed by atoms with van der Waals surface area (Å²) in [6.45, 7) is 3.87. The van der Waals surface area contributed by atoms with E-state index >= 15 is 0 Å². The van der Waals surface area contributed by atoms with Crippen molar-refractivity contribution >= 4 is 11.9 Å². The van der Waals surface area contributed by atoms with Crippen LogP contribution in [-0.2, 0) is 23.8 Å². The first-order chi connectivity index (χ1) is 15.0. The molecule has 0 radical (unpaired) electrons. The predicted octanol–water partition coefficient (Wildman–Crippen LogP) is 3.88. The molecule has 2 aromatic carbocycles. The lowest BCUT2D eigenvalue weighted by Gasteiger charge is -2.21. The molecule has 0 bridgehead atoms. The third kappa shape index (κ3) is 4.82. The molecule has 0 aromatic heterocycles. The van der Waals surface area contributed by atoms with Crippen molar-refractivity contribution in [2.75, 3.05) is 27.4 Å². The monoisotopic (exact) mass is 428 g/mol. The topological polar surface area (TPSA) is 80.3 Å². The van der Waals surface area contributed by atoms with Crippen molar-refractivity contribution in [1.82, 2.24) is 0 Å². The Morgan fingerprint density at radius 1 is 0.710 bits per heavy atom. The Hall–Kier alpha value is -3.06. The van der Waals surface area contributed by atoms with Crippen LogP contribution < -0.4 is 9.47 Å². The number of carbonyl (C=O) groups is 2. The summed E-state index contributed by atoms with van der Waals surface area (Å²) in [6.07, 6.45) is -1.35. The van der Waals surface area contributed by atoms with Gasteiger partial charge in [0.15, 0.2) is 0 Å². The second kappa shape index (κ2) is 10.3. The van der Waals surface area contributed by atoms with E-state index in [9.17, 15) is 9.59 Å². The van der Waals surface area contributed by atoms with E-state index in [1.807, 2.05) is 24.3 Å². The lowest BCUT2D eigenvalue weighted by molar-refractivity contribution is -0.159. The number of ether oxygens (including phenoxy) is 5. The normalized spacial score (nSPS) is 22.6. The molecule has 0 amide bonds. The quantitative estimate of drug-likeness (QED) is 0.591. The van der Waals surface area contributed by atoms with Gasteiger partial charge in [0.2, 0.25) is 0 Å². The van der Waals surface area contributed by atoms with Gasteiger partial charge in [0.25, 0.3) is 0 Å². The van der Waals surface area contributed by atoms with Gasteiger partial charge in [-0.1, -0.05) is 24.3 Å². The number of carbonyl (C=O) groups excluding carboxylic acids is 2. The second-order valence-corrected chi connectivity index (χ2v) is 7.08. The van der Waals surface area contributed by atoms with E-state index in [0.29, 0.717) is 11.5 Å². The SMILES string of the molecule is CCOC(=O)[C@@H]1[C@H](C(=O)OCC)[C@H](c2ccc(OC)cc2)O[C@@H]1c1ccc(OC)cc1. The van der Waals surface area contributed by atoms with Crippen LogP contribution in [0.3, 0.4) is 0 Å². The molecule has 4 atom stereocenters. The molecule has 1 aliphatic rings. The third-order valence-electron chi connectivity index (χ3n) is 5.34. The van der Waals surface area contributed by atoms with Gasteiger partial charge < -0.3 is 23.7 Å². The molecule has 31 heavy (non-hydrogen) atoms. The van der Waals surface area contributed by atoms with Crippen LogP contribution in [-0.4, -0.2) is 39.4 Å². The molecule has 1 heterocycles.